The largest absolute Gasteiger partial charge is 0.356 e. The zero-order chi connectivity index (χ0) is 15.9. The zero-order valence-electron chi connectivity index (χ0n) is 15.1. The summed E-state index contributed by atoms with van der Waals surface area (Å²) in [6.45, 7) is 7.09. The van der Waals surface area contributed by atoms with Crippen LogP contribution >= 0.6 is 0 Å². The number of rotatable bonds is 4. The normalized spacial score (nSPS) is 28.6. The highest BCUT2D eigenvalue weighted by Gasteiger charge is 2.21. The standard InChI is InChI=1S/C18H36N4/c1-15-5-7-17(8-6-15)14-22(4)18(19-2)20-13-16-9-11-21(3)12-10-16/h15-17H,5-14H2,1-4H3,(H,19,20). The van der Waals surface area contributed by atoms with E-state index in [0.29, 0.717) is 0 Å². The predicted octanol–water partition coefficient (Wildman–Crippen LogP) is 2.66. The highest BCUT2D eigenvalue weighted by Crippen LogP contribution is 2.28. The number of nitrogens with zero attached hydrogens (tertiary/aromatic N) is 3. The molecule has 128 valence electrons. The van der Waals surface area contributed by atoms with Gasteiger partial charge in [0.25, 0.3) is 0 Å². The number of aliphatic imine (C=N–C) groups is 1. The number of hydrogen-bond acceptors (Lipinski definition) is 2. The van der Waals surface area contributed by atoms with Crippen LogP contribution in [-0.2, 0) is 0 Å². The van der Waals surface area contributed by atoms with Crippen LogP contribution in [0.25, 0.3) is 0 Å². The molecule has 1 aliphatic heterocycles. The van der Waals surface area contributed by atoms with Gasteiger partial charge in [0.2, 0.25) is 0 Å². The number of hydrogen-bond donors (Lipinski definition) is 1. The van der Waals surface area contributed by atoms with Crippen LogP contribution in [0.1, 0.15) is 45.4 Å². The van der Waals surface area contributed by atoms with Crippen LogP contribution < -0.4 is 5.32 Å². The van der Waals surface area contributed by atoms with E-state index < -0.39 is 0 Å². The quantitative estimate of drug-likeness (QED) is 0.640. The first-order valence-corrected chi connectivity index (χ1v) is 9.18. The van der Waals surface area contributed by atoms with E-state index >= 15 is 0 Å². The molecule has 0 spiro atoms. The maximum absolute atomic E-state index is 4.49. The third kappa shape index (κ3) is 5.45. The van der Waals surface area contributed by atoms with Gasteiger partial charge in [0.05, 0.1) is 0 Å². The minimum atomic E-state index is 0.803. The van der Waals surface area contributed by atoms with E-state index in [9.17, 15) is 0 Å². The molecule has 1 saturated heterocycles. The Morgan fingerprint density at radius 2 is 1.73 bits per heavy atom. The van der Waals surface area contributed by atoms with Crippen molar-refractivity contribution in [2.75, 3.05) is 47.3 Å². The number of likely N-dealkylation sites (tertiary alicyclic amines) is 1. The lowest BCUT2D eigenvalue weighted by Crippen LogP contribution is -2.44. The van der Waals surface area contributed by atoms with Crippen molar-refractivity contribution in [2.24, 2.45) is 22.7 Å². The third-order valence-corrected chi connectivity index (χ3v) is 5.63. The fourth-order valence-electron chi connectivity index (χ4n) is 3.87. The second-order valence-corrected chi connectivity index (χ2v) is 7.68. The minimum absolute atomic E-state index is 0.803. The molecule has 0 bridgehead atoms. The van der Waals surface area contributed by atoms with Gasteiger partial charge < -0.3 is 15.1 Å². The minimum Gasteiger partial charge on any atom is -0.356 e. The van der Waals surface area contributed by atoms with Gasteiger partial charge in [-0.05, 0) is 63.6 Å². The Hall–Kier alpha value is -0.770. The molecule has 1 aliphatic carbocycles. The fourth-order valence-corrected chi connectivity index (χ4v) is 3.87. The van der Waals surface area contributed by atoms with E-state index in [0.717, 1.165) is 36.8 Å². The highest BCUT2D eigenvalue weighted by atomic mass is 15.3. The maximum atomic E-state index is 4.49. The maximum Gasteiger partial charge on any atom is 0.193 e. The lowest BCUT2D eigenvalue weighted by molar-refractivity contribution is 0.217. The van der Waals surface area contributed by atoms with Gasteiger partial charge >= 0.3 is 0 Å². The molecule has 0 aromatic heterocycles. The third-order valence-electron chi connectivity index (χ3n) is 5.63. The first-order valence-electron chi connectivity index (χ1n) is 9.18. The molecular formula is C18H36N4. The van der Waals surface area contributed by atoms with E-state index in [1.54, 1.807) is 0 Å². The SMILES string of the molecule is CN=C(NCC1CCN(C)CC1)N(C)CC1CCC(C)CC1. The Bertz CT molecular complexity index is 339. The number of nitrogens with one attached hydrogen (secondary N) is 1. The summed E-state index contributed by atoms with van der Waals surface area (Å²) >= 11 is 0. The second-order valence-electron chi connectivity index (χ2n) is 7.68. The molecule has 0 aromatic rings. The summed E-state index contributed by atoms with van der Waals surface area (Å²) in [5.74, 6) is 3.67. The van der Waals surface area contributed by atoms with Crippen LogP contribution in [0, 0.1) is 17.8 Å². The molecule has 0 atom stereocenters. The van der Waals surface area contributed by atoms with Crippen molar-refractivity contribution in [1.82, 2.24) is 15.1 Å². The Morgan fingerprint density at radius 1 is 1.09 bits per heavy atom. The lowest BCUT2D eigenvalue weighted by Gasteiger charge is -2.33. The molecule has 0 unspecified atom stereocenters. The van der Waals surface area contributed by atoms with Gasteiger partial charge in [-0.3, -0.25) is 4.99 Å². The molecule has 2 fully saturated rings. The van der Waals surface area contributed by atoms with Gasteiger partial charge in [-0.15, -0.1) is 0 Å². The van der Waals surface area contributed by atoms with Crippen molar-refractivity contribution in [3.8, 4) is 0 Å². The Labute approximate surface area is 137 Å². The summed E-state index contributed by atoms with van der Waals surface area (Å²) in [6, 6.07) is 0. The first kappa shape index (κ1) is 17.6. The van der Waals surface area contributed by atoms with Gasteiger partial charge in [0, 0.05) is 27.2 Å². The number of piperidine rings is 1. The smallest absolute Gasteiger partial charge is 0.193 e. The van der Waals surface area contributed by atoms with Crippen molar-refractivity contribution in [1.29, 1.82) is 0 Å². The van der Waals surface area contributed by atoms with E-state index in [-0.39, 0.29) is 0 Å². The van der Waals surface area contributed by atoms with Crippen molar-refractivity contribution in [2.45, 2.75) is 45.4 Å². The molecule has 0 aromatic carbocycles. The van der Waals surface area contributed by atoms with Crippen molar-refractivity contribution in [3.63, 3.8) is 0 Å². The summed E-state index contributed by atoms with van der Waals surface area (Å²) < 4.78 is 0. The van der Waals surface area contributed by atoms with Crippen LogP contribution in [0.5, 0.6) is 0 Å². The summed E-state index contributed by atoms with van der Waals surface area (Å²) in [4.78, 5) is 9.26. The summed E-state index contributed by atoms with van der Waals surface area (Å²) in [5, 5.41) is 3.61. The van der Waals surface area contributed by atoms with E-state index in [4.69, 9.17) is 0 Å². The van der Waals surface area contributed by atoms with E-state index in [1.165, 1.54) is 51.6 Å². The molecule has 1 heterocycles. The summed E-state index contributed by atoms with van der Waals surface area (Å²) in [5.41, 5.74) is 0. The average molecular weight is 309 g/mol. The van der Waals surface area contributed by atoms with Gasteiger partial charge in [-0.2, -0.15) is 0 Å². The Balaban J connectivity index is 1.71. The predicted molar refractivity (Wildman–Crippen MR) is 95.3 cm³/mol. The Morgan fingerprint density at radius 3 is 2.32 bits per heavy atom. The van der Waals surface area contributed by atoms with Crippen LogP contribution in [0.3, 0.4) is 0 Å². The average Bonchev–Trinajstić information content (AvgIpc) is 2.52. The van der Waals surface area contributed by atoms with Crippen molar-refractivity contribution in [3.05, 3.63) is 0 Å². The summed E-state index contributed by atoms with van der Waals surface area (Å²) in [7, 11) is 6.33. The van der Waals surface area contributed by atoms with Crippen LogP contribution in [0.15, 0.2) is 4.99 Å². The molecule has 4 heteroatoms. The zero-order valence-corrected chi connectivity index (χ0v) is 15.1. The second kappa shape index (κ2) is 8.76. The highest BCUT2D eigenvalue weighted by molar-refractivity contribution is 5.79. The van der Waals surface area contributed by atoms with Crippen molar-refractivity contribution < 1.29 is 0 Å². The van der Waals surface area contributed by atoms with Gasteiger partial charge in [0.15, 0.2) is 5.96 Å². The molecule has 4 nitrogen and oxygen atoms in total. The monoisotopic (exact) mass is 308 g/mol. The topological polar surface area (TPSA) is 30.9 Å². The lowest BCUT2D eigenvalue weighted by atomic mass is 9.83. The number of guanidine groups is 1. The fraction of sp³-hybridized carbons (Fsp3) is 0.944. The van der Waals surface area contributed by atoms with Gasteiger partial charge in [-0.1, -0.05) is 19.8 Å². The molecule has 0 amide bonds. The van der Waals surface area contributed by atoms with Gasteiger partial charge in [-0.25, -0.2) is 0 Å². The van der Waals surface area contributed by atoms with Crippen LogP contribution in [0.2, 0.25) is 0 Å². The molecular weight excluding hydrogens is 272 g/mol. The molecule has 2 aliphatic rings. The van der Waals surface area contributed by atoms with E-state index in [2.05, 4.69) is 41.1 Å². The molecule has 0 radical (unpaired) electrons. The first-order chi connectivity index (χ1) is 10.6. The van der Waals surface area contributed by atoms with Crippen molar-refractivity contribution >= 4 is 5.96 Å². The molecule has 1 N–H and O–H groups in total. The molecule has 22 heavy (non-hydrogen) atoms. The van der Waals surface area contributed by atoms with Crippen LogP contribution in [-0.4, -0.2) is 63.1 Å². The van der Waals surface area contributed by atoms with E-state index in [1.807, 2.05) is 7.05 Å². The summed E-state index contributed by atoms with van der Waals surface area (Å²) in [6.07, 6.45) is 8.20. The molecule has 2 rings (SSSR count). The molecule has 1 saturated carbocycles. The Kier molecular flexibility index (Phi) is 7.00. The van der Waals surface area contributed by atoms with Crippen LogP contribution in [0.4, 0.5) is 0 Å². The van der Waals surface area contributed by atoms with Gasteiger partial charge in [0.1, 0.15) is 0 Å².